The average molecular weight is 1790 g/mol. The van der Waals surface area contributed by atoms with Crippen LogP contribution in [0.25, 0.3) is 233 Å². The van der Waals surface area contributed by atoms with E-state index in [1.165, 1.54) is 109 Å². The Hall–Kier alpha value is -18.0. The summed E-state index contributed by atoms with van der Waals surface area (Å²) >= 11 is 0. The molecule has 9 aromatic heterocycles. The number of fused-ring (bicyclic) bond motifs is 21. The summed E-state index contributed by atoms with van der Waals surface area (Å²) in [5.41, 5.74) is 34.9. The summed E-state index contributed by atoms with van der Waals surface area (Å²) in [4.78, 5) is 31.9. The van der Waals surface area contributed by atoms with Crippen LogP contribution in [0.15, 0.2) is 443 Å². The van der Waals surface area contributed by atoms with E-state index >= 15 is 0 Å². The van der Waals surface area contributed by atoms with E-state index in [1.54, 1.807) is 0 Å². The Morgan fingerprint density at radius 3 is 0.748 bits per heavy atom. The van der Waals surface area contributed by atoms with Gasteiger partial charge in [0.15, 0.2) is 0 Å². The molecule has 27 aromatic rings. The molecule has 0 unspecified atom stereocenters. The van der Waals surface area contributed by atoms with Gasteiger partial charge in [-0.05, 0) is 172 Å². The molecule has 12 nitrogen and oxygen atoms in total. The lowest BCUT2D eigenvalue weighted by Gasteiger charge is -2.14. The number of aromatic nitrogens is 12. The van der Waals surface area contributed by atoms with Crippen LogP contribution >= 0.6 is 0 Å². The summed E-state index contributed by atoms with van der Waals surface area (Å²) in [6.07, 6.45) is 1.95. The summed E-state index contributed by atoms with van der Waals surface area (Å²) in [5.74, 6) is 1.96. The number of nitrogens with zero attached hydrogens (tertiary/aromatic N) is 12. The summed E-state index contributed by atoms with van der Waals surface area (Å²) in [6.45, 7) is 11.0. The Balaban J connectivity index is 0.000000110. The summed E-state index contributed by atoms with van der Waals surface area (Å²) in [5, 5.41) is 14.5. The lowest BCUT2D eigenvalue weighted by molar-refractivity contribution is 0.994. The molecular formula is C127H92N12. The van der Waals surface area contributed by atoms with Crippen molar-refractivity contribution < 1.29 is 0 Å². The van der Waals surface area contributed by atoms with Gasteiger partial charge >= 0.3 is 0 Å². The van der Waals surface area contributed by atoms with Gasteiger partial charge in [0.05, 0.1) is 100 Å². The van der Waals surface area contributed by atoms with Crippen molar-refractivity contribution in [3.63, 3.8) is 0 Å². The van der Waals surface area contributed by atoms with Gasteiger partial charge in [-0.2, -0.15) is 0 Å². The fraction of sp³-hybridized carbons (Fsp3) is 0.0551. The highest BCUT2D eigenvalue weighted by Crippen LogP contribution is 2.48. The number of hydrogen-bond donors (Lipinski definition) is 0. The van der Waals surface area contributed by atoms with Gasteiger partial charge in [0.2, 0.25) is 17.8 Å². The maximum atomic E-state index is 5.35. The van der Waals surface area contributed by atoms with Crippen molar-refractivity contribution in [2.45, 2.75) is 47.5 Å². The molecular weight excluding hydrogens is 1690 g/mol. The van der Waals surface area contributed by atoms with Crippen molar-refractivity contribution in [1.82, 2.24) is 57.3 Å². The van der Waals surface area contributed by atoms with Crippen molar-refractivity contribution >= 4 is 131 Å². The minimum absolute atomic E-state index is 0.651. The zero-order valence-electron chi connectivity index (χ0n) is 77.4. The first-order valence-corrected chi connectivity index (χ1v) is 47.8. The Labute approximate surface area is 803 Å². The first-order valence-electron chi connectivity index (χ1n) is 47.8. The second-order valence-electron chi connectivity index (χ2n) is 36.0. The second kappa shape index (κ2) is 34.5. The molecule has 9 heterocycles. The van der Waals surface area contributed by atoms with Gasteiger partial charge in [0.1, 0.15) is 0 Å². The van der Waals surface area contributed by atoms with E-state index in [-0.39, 0.29) is 0 Å². The van der Waals surface area contributed by atoms with E-state index in [0.717, 1.165) is 147 Å². The summed E-state index contributed by atoms with van der Waals surface area (Å²) in [6, 6.07) is 157. The van der Waals surface area contributed by atoms with Crippen LogP contribution < -0.4 is 0 Å². The molecule has 0 spiro atoms. The fourth-order valence-electron chi connectivity index (χ4n) is 21.1. The molecule has 0 aliphatic rings. The predicted molar refractivity (Wildman–Crippen MR) is 578 cm³/mol. The SMILES string of the molecule is CCc1ccc2c(c1)c1ccc3c4cc(CC)ccc4n(-c4nc(-c5ccccc5)cc(-c5ccccc5)n4)c3c1n2-c1ccccc1.Cc1cc2c3ccccc3n(-c3ccccc3)c2c2c1c1ccccc1n2-c1nc(-c2ccccc2)cc(-c2ccccc2)n1.Cc1ccc2c(c1)c1ccc3c4cc(C)ccc4n(-c4nc(-c5ccccc5)cc(-c5ccccc5)n4)c3c1n2-c1ccccc1. The molecule has 0 aliphatic carbocycles. The van der Waals surface area contributed by atoms with Crippen LogP contribution in [-0.4, -0.2) is 57.3 Å². The van der Waals surface area contributed by atoms with Crippen LogP contribution in [-0.2, 0) is 12.8 Å². The van der Waals surface area contributed by atoms with E-state index < -0.39 is 0 Å². The highest BCUT2D eigenvalue weighted by Gasteiger charge is 2.30. The molecule has 27 rings (SSSR count). The van der Waals surface area contributed by atoms with Crippen molar-refractivity contribution in [2.24, 2.45) is 0 Å². The van der Waals surface area contributed by atoms with Crippen LogP contribution in [0.2, 0.25) is 0 Å². The zero-order valence-corrected chi connectivity index (χ0v) is 77.4. The third kappa shape index (κ3) is 14.3. The van der Waals surface area contributed by atoms with E-state index in [2.05, 4.69) is 468 Å². The molecule has 0 amide bonds. The third-order valence-electron chi connectivity index (χ3n) is 27.5. The number of aryl methyl sites for hydroxylation is 5. The average Bonchev–Trinajstić information content (AvgIpc) is 1.55. The molecule has 12 heteroatoms. The molecule has 0 bridgehead atoms. The largest absolute Gasteiger partial charge is 0.307 e. The van der Waals surface area contributed by atoms with Gasteiger partial charge in [-0.15, -0.1) is 0 Å². The lowest BCUT2D eigenvalue weighted by Crippen LogP contribution is -2.05. The van der Waals surface area contributed by atoms with Gasteiger partial charge in [0.25, 0.3) is 0 Å². The quantitative estimate of drug-likeness (QED) is 0.107. The Kier molecular flexibility index (Phi) is 20.6. The van der Waals surface area contributed by atoms with Crippen LogP contribution in [0.4, 0.5) is 0 Å². The summed E-state index contributed by atoms with van der Waals surface area (Å²) in [7, 11) is 0. The molecule has 660 valence electrons. The fourth-order valence-corrected chi connectivity index (χ4v) is 21.1. The first kappa shape index (κ1) is 82.9. The van der Waals surface area contributed by atoms with Gasteiger partial charge in [0, 0.05) is 115 Å². The smallest absolute Gasteiger partial charge is 0.235 e. The number of para-hydroxylation sites is 5. The van der Waals surface area contributed by atoms with Crippen LogP contribution in [0.5, 0.6) is 0 Å². The molecule has 0 aliphatic heterocycles. The maximum absolute atomic E-state index is 5.35. The molecule has 0 saturated heterocycles. The normalized spacial score (nSPS) is 11.7. The van der Waals surface area contributed by atoms with Gasteiger partial charge < -0.3 is 13.7 Å². The lowest BCUT2D eigenvalue weighted by atomic mass is 10.0. The third-order valence-corrected chi connectivity index (χ3v) is 27.5. The maximum Gasteiger partial charge on any atom is 0.235 e. The molecule has 0 N–H and O–H groups in total. The highest BCUT2D eigenvalue weighted by atomic mass is 15.2. The monoisotopic (exact) mass is 1780 g/mol. The van der Waals surface area contributed by atoms with Crippen LogP contribution in [0.3, 0.4) is 0 Å². The van der Waals surface area contributed by atoms with E-state index in [9.17, 15) is 0 Å². The first-order chi connectivity index (χ1) is 68.6. The number of benzene rings is 18. The minimum atomic E-state index is 0.651. The van der Waals surface area contributed by atoms with E-state index in [4.69, 9.17) is 29.9 Å². The minimum Gasteiger partial charge on any atom is -0.307 e. The second-order valence-corrected chi connectivity index (χ2v) is 36.0. The summed E-state index contributed by atoms with van der Waals surface area (Å²) < 4.78 is 14.1. The molecule has 139 heavy (non-hydrogen) atoms. The molecule has 0 atom stereocenters. The van der Waals surface area contributed by atoms with E-state index in [0.29, 0.717) is 17.8 Å². The van der Waals surface area contributed by atoms with Crippen molar-refractivity contribution in [2.75, 3.05) is 0 Å². The molecule has 18 aromatic carbocycles. The molecule has 0 fully saturated rings. The topological polar surface area (TPSA) is 107 Å². The predicted octanol–water partition coefficient (Wildman–Crippen LogP) is 32.1. The Morgan fingerprint density at radius 1 is 0.180 bits per heavy atom. The van der Waals surface area contributed by atoms with Gasteiger partial charge in [-0.25, -0.2) is 29.9 Å². The Morgan fingerprint density at radius 2 is 0.424 bits per heavy atom. The van der Waals surface area contributed by atoms with Crippen molar-refractivity contribution in [1.29, 1.82) is 0 Å². The van der Waals surface area contributed by atoms with Crippen LogP contribution in [0, 0.1) is 20.8 Å². The molecule has 0 saturated carbocycles. The van der Waals surface area contributed by atoms with Gasteiger partial charge in [-0.3, -0.25) is 13.7 Å². The Bertz CT molecular complexity index is 9280. The van der Waals surface area contributed by atoms with Gasteiger partial charge in [-0.1, -0.05) is 346 Å². The van der Waals surface area contributed by atoms with E-state index in [1.807, 2.05) is 36.4 Å². The molecule has 0 radical (unpaired) electrons. The highest BCUT2D eigenvalue weighted by molar-refractivity contribution is 6.27. The zero-order chi connectivity index (χ0) is 92.9. The number of rotatable bonds is 14. The standard InChI is InChI=1S/C44H34N4.C42H30N4.C41H28N4/c1-3-29-20-24-40-36(26-29)34-22-23-35-37-27-30(4-2)21-25-41(37)48(43(35)42(34)47(40)33-18-12-7-13-19-33)44-45-38(31-14-8-5-9-15-31)28-39(46-44)32-16-10-6-11-17-32;1-27-18-22-38-34(24-27)32-20-21-33-35-25-28(2)19-23-39(35)46(41(33)40(32)45(38)31-16-10-5-11-17-31)42-43-36(29-12-6-3-7-13-29)26-37(44-42)30-14-8-4-9-15-30;1-27-25-33-31-21-11-13-23-36(31)44(30-19-9-4-10-20-30)39(33)40-38(27)32-22-12-14-24-37(32)45(40)41-42-34(28-15-5-2-6-16-28)26-35(43-41)29-17-7-3-8-18-29/h5-28H,3-4H2,1-2H3;3-26H,1-2H3;2-26H,1H3. The van der Waals surface area contributed by atoms with Crippen molar-refractivity contribution in [3.8, 4) is 102 Å². The van der Waals surface area contributed by atoms with Crippen LogP contribution in [0.1, 0.15) is 41.7 Å². The van der Waals surface area contributed by atoms with Crippen molar-refractivity contribution in [3.05, 3.63) is 471 Å². The number of hydrogen-bond acceptors (Lipinski definition) is 6.